The number of aryl methyl sites for hydroxylation is 1. The first-order valence-electron chi connectivity index (χ1n) is 6.09. The molecule has 2 heterocycles. The highest BCUT2D eigenvalue weighted by atomic mass is 32.2. The van der Waals surface area contributed by atoms with Gasteiger partial charge in [0, 0.05) is 4.88 Å². The molecular weight excluding hydrogens is 330 g/mol. The summed E-state index contributed by atoms with van der Waals surface area (Å²) in [7, 11) is -2.56. The van der Waals surface area contributed by atoms with Gasteiger partial charge in [-0.25, -0.2) is 17.9 Å². The summed E-state index contributed by atoms with van der Waals surface area (Å²) in [6.45, 7) is 3.43. The molecule has 0 aliphatic carbocycles. The first kappa shape index (κ1) is 16.2. The lowest BCUT2D eigenvalue weighted by Gasteiger charge is -2.13. The van der Waals surface area contributed by atoms with E-state index in [4.69, 9.17) is 0 Å². The zero-order valence-corrected chi connectivity index (χ0v) is 14.2. The Bertz CT molecular complexity index is 732. The molecule has 0 amide bonds. The molecule has 2 aromatic heterocycles. The van der Waals surface area contributed by atoms with Crippen LogP contribution in [0.5, 0.6) is 0 Å². The first-order chi connectivity index (χ1) is 9.86. The van der Waals surface area contributed by atoms with Crippen molar-refractivity contribution >= 4 is 38.7 Å². The third-order valence-corrected chi connectivity index (χ3v) is 6.85. The minimum Gasteiger partial charge on any atom is -0.465 e. The van der Waals surface area contributed by atoms with Gasteiger partial charge in [-0.3, -0.25) is 0 Å². The Labute approximate surface area is 131 Å². The number of esters is 1. The predicted molar refractivity (Wildman–Crippen MR) is 83.5 cm³/mol. The third kappa shape index (κ3) is 3.34. The Morgan fingerprint density at radius 1 is 1.38 bits per heavy atom. The topological polar surface area (TPSA) is 72.5 Å². The second kappa shape index (κ2) is 6.27. The number of methoxy groups -OCH3 is 1. The van der Waals surface area contributed by atoms with Crippen LogP contribution in [0.2, 0.25) is 0 Å². The van der Waals surface area contributed by atoms with Gasteiger partial charge in [-0.15, -0.1) is 22.7 Å². The van der Waals surface area contributed by atoms with Crippen molar-refractivity contribution < 1.29 is 17.9 Å². The monoisotopic (exact) mass is 345 g/mol. The smallest absolute Gasteiger partial charge is 0.349 e. The molecular formula is C13H15NO4S3. The van der Waals surface area contributed by atoms with Crippen molar-refractivity contribution in [3.8, 4) is 0 Å². The van der Waals surface area contributed by atoms with Gasteiger partial charge >= 0.3 is 5.97 Å². The second-order valence-corrected chi connectivity index (χ2v) is 7.94. The van der Waals surface area contributed by atoms with Crippen LogP contribution in [0.15, 0.2) is 27.8 Å². The van der Waals surface area contributed by atoms with Crippen LogP contribution in [0, 0.1) is 6.92 Å². The maximum atomic E-state index is 12.6. The highest BCUT2D eigenvalue weighted by molar-refractivity contribution is 7.89. The van der Waals surface area contributed by atoms with Gasteiger partial charge in [-0.2, -0.15) is 0 Å². The van der Waals surface area contributed by atoms with E-state index in [-0.39, 0.29) is 15.8 Å². The van der Waals surface area contributed by atoms with Gasteiger partial charge in [0.2, 0.25) is 10.0 Å². The highest BCUT2D eigenvalue weighted by Gasteiger charge is 2.29. The van der Waals surface area contributed by atoms with Crippen molar-refractivity contribution in [2.24, 2.45) is 0 Å². The zero-order chi connectivity index (χ0) is 15.6. The number of nitrogens with one attached hydrogen (secondary N) is 1. The minimum absolute atomic E-state index is 0.00255. The molecule has 0 aromatic carbocycles. The van der Waals surface area contributed by atoms with E-state index in [1.165, 1.54) is 18.4 Å². The van der Waals surface area contributed by atoms with E-state index in [0.717, 1.165) is 16.2 Å². The molecule has 0 bridgehead atoms. The Hall–Kier alpha value is -1.22. The molecule has 0 spiro atoms. The third-order valence-electron chi connectivity index (χ3n) is 2.86. The maximum Gasteiger partial charge on any atom is 0.349 e. The highest BCUT2D eigenvalue weighted by Crippen LogP contribution is 2.29. The summed E-state index contributed by atoms with van der Waals surface area (Å²) in [5, 5.41) is 3.52. The Morgan fingerprint density at radius 3 is 2.67 bits per heavy atom. The van der Waals surface area contributed by atoms with Gasteiger partial charge in [0.05, 0.1) is 13.2 Å². The maximum absolute atomic E-state index is 12.6. The van der Waals surface area contributed by atoms with Crippen LogP contribution in [0.3, 0.4) is 0 Å². The molecule has 0 saturated heterocycles. The fraction of sp³-hybridized carbons (Fsp3) is 0.308. The summed E-state index contributed by atoms with van der Waals surface area (Å²) in [6, 6.07) is 3.36. The Kier molecular flexibility index (Phi) is 4.82. The molecule has 1 atom stereocenters. The lowest BCUT2D eigenvalue weighted by molar-refractivity contribution is 0.0602. The lowest BCUT2D eigenvalue weighted by atomic mass is 10.3. The van der Waals surface area contributed by atoms with Gasteiger partial charge in [-0.1, -0.05) is 6.07 Å². The van der Waals surface area contributed by atoms with E-state index in [1.54, 1.807) is 19.2 Å². The van der Waals surface area contributed by atoms with Crippen molar-refractivity contribution in [3.63, 3.8) is 0 Å². The number of ether oxygens (including phenoxy) is 1. The van der Waals surface area contributed by atoms with Gasteiger partial charge < -0.3 is 4.74 Å². The number of thiophene rings is 2. The first-order valence-corrected chi connectivity index (χ1v) is 9.33. The molecule has 5 nitrogen and oxygen atoms in total. The van der Waals surface area contributed by atoms with Crippen LogP contribution in [-0.2, 0) is 14.8 Å². The normalized spacial score (nSPS) is 13.1. The van der Waals surface area contributed by atoms with Crippen molar-refractivity contribution in [3.05, 3.63) is 38.2 Å². The van der Waals surface area contributed by atoms with E-state index in [9.17, 15) is 13.2 Å². The fourth-order valence-electron chi connectivity index (χ4n) is 1.89. The second-order valence-electron chi connectivity index (χ2n) is 4.43. The summed E-state index contributed by atoms with van der Waals surface area (Å²) < 4.78 is 32.4. The molecule has 0 fully saturated rings. The number of carbonyl (C=O) groups excluding carboxylic acids is 1. The molecule has 1 N–H and O–H groups in total. The quantitative estimate of drug-likeness (QED) is 0.846. The Morgan fingerprint density at radius 2 is 2.10 bits per heavy atom. The fourth-order valence-corrected chi connectivity index (χ4v) is 5.63. The van der Waals surface area contributed by atoms with E-state index in [1.807, 2.05) is 17.5 Å². The molecule has 0 saturated carbocycles. The van der Waals surface area contributed by atoms with Crippen LogP contribution >= 0.6 is 22.7 Å². The van der Waals surface area contributed by atoms with Gasteiger partial charge in [0.1, 0.15) is 9.77 Å². The molecule has 2 aromatic rings. The van der Waals surface area contributed by atoms with E-state index in [2.05, 4.69) is 9.46 Å². The number of rotatable bonds is 5. The van der Waals surface area contributed by atoms with E-state index >= 15 is 0 Å². The summed E-state index contributed by atoms with van der Waals surface area (Å²) in [4.78, 5) is 12.7. The summed E-state index contributed by atoms with van der Waals surface area (Å²) in [5.74, 6) is -0.641. The van der Waals surface area contributed by atoms with Crippen molar-refractivity contribution in [1.82, 2.24) is 4.72 Å². The number of sulfonamides is 1. The number of carbonyl (C=O) groups is 1. The van der Waals surface area contributed by atoms with E-state index < -0.39 is 16.0 Å². The average Bonchev–Trinajstić information content (AvgIpc) is 3.06. The van der Waals surface area contributed by atoms with Crippen LogP contribution < -0.4 is 4.72 Å². The largest absolute Gasteiger partial charge is 0.465 e. The Balaban J connectivity index is 2.36. The molecule has 0 aliphatic heterocycles. The lowest BCUT2D eigenvalue weighted by Crippen LogP contribution is -2.28. The summed E-state index contributed by atoms with van der Waals surface area (Å²) >= 11 is 2.54. The molecule has 8 heteroatoms. The van der Waals surface area contributed by atoms with Gasteiger partial charge in [-0.05, 0) is 36.2 Å². The van der Waals surface area contributed by atoms with Crippen LogP contribution in [-0.4, -0.2) is 21.5 Å². The number of hydrogen-bond donors (Lipinski definition) is 1. The van der Waals surface area contributed by atoms with Crippen LogP contribution in [0.25, 0.3) is 0 Å². The predicted octanol–water partition coefficient (Wildman–Crippen LogP) is 2.94. The standard InChI is InChI=1S/C13H15NO4S3/c1-8-7-20-11(13(15)18-3)12(8)21(16,17)14-9(2)10-5-4-6-19-10/h4-7,9,14H,1-3H3/t9-/m1/s1. The zero-order valence-electron chi connectivity index (χ0n) is 11.7. The van der Waals surface area contributed by atoms with Crippen molar-refractivity contribution in [2.45, 2.75) is 24.8 Å². The van der Waals surface area contributed by atoms with E-state index in [0.29, 0.717) is 5.56 Å². The summed E-state index contributed by atoms with van der Waals surface area (Å²) in [5.41, 5.74) is 0.534. The summed E-state index contributed by atoms with van der Waals surface area (Å²) in [6.07, 6.45) is 0. The molecule has 0 unspecified atom stereocenters. The van der Waals surface area contributed by atoms with Crippen molar-refractivity contribution in [1.29, 1.82) is 0 Å². The number of hydrogen-bond acceptors (Lipinski definition) is 6. The average molecular weight is 345 g/mol. The van der Waals surface area contributed by atoms with Gasteiger partial charge in [0.25, 0.3) is 0 Å². The van der Waals surface area contributed by atoms with Gasteiger partial charge in [0.15, 0.2) is 0 Å². The van der Waals surface area contributed by atoms with Crippen molar-refractivity contribution in [2.75, 3.05) is 7.11 Å². The molecule has 2 rings (SSSR count). The molecule has 0 aliphatic rings. The van der Waals surface area contributed by atoms with Crippen LogP contribution in [0.4, 0.5) is 0 Å². The molecule has 114 valence electrons. The minimum atomic E-state index is -3.79. The molecule has 21 heavy (non-hydrogen) atoms. The van der Waals surface area contributed by atoms with Crippen LogP contribution in [0.1, 0.15) is 33.1 Å². The SMILES string of the molecule is COC(=O)c1scc(C)c1S(=O)(=O)N[C@H](C)c1cccs1. The molecule has 0 radical (unpaired) electrons.